The maximum atomic E-state index is 12.5. The highest BCUT2D eigenvalue weighted by Gasteiger charge is 2.23. The number of nitrogens with zero attached hydrogens (tertiary/aromatic N) is 4. The quantitative estimate of drug-likeness (QED) is 0.504. The first-order chi connectivity index (χ1) is 14.5. The van der Waals surface area contributed by atoms with Gasteiger partial charge in [-0.3, -0.25) is 19.8 Å². The Bertz CT molecular complexity index is 1150. The van der Waals surface area contributed by atoms with Crippen molar-refractivity contribution in [3.05, 3.63) is 74.8 Å². The summed E-state index contributed by atoms with van der Waals surface area (Å²) in [5, 5.41) is 14.3. The molecule has 2 aromatic carbocycles. The molecule has 3 aromatic rings. The summed E-state index contributed by atoms with van der Waals surface area (Å²) in [4.78, 5) is 46.3. The van der Waals surface area contributed by atoms with E-state index in [0.29, 0.717) is 49.5 Å². The molecule has 0 saturated carbocycles. The number of carbonyl (C=O) groups is 1. The van der Waals surface area contributed by atoms with E-state index >= 15 is 0 Å². The number of para-hydroxylation sites is 3. The molecule has 0 spiro atoms. The zero-order valence-corrected chi connectivity index (χ0v) is 16.1. The molecule has 4 rings (SSSR count). The van der Waals surface area contributed by atoms with E-state index in [9.17, 15) is 19.7 Å². The van der Waals surface area contributed by atoms with Gasteiger partial charge in [0, 0.05) is 32.2 Å². The molecule has 0 aliphatic carbocycles. The number of nitro groups is 1. The van der Waals surface area contributed by atoms with Gasteiger partial charge in [0.15, 0.2) is 0 Å². The van der Waals surface area contributed by atoms with Crippen LogP contribution in [0.15, 0.2) is 53.3 Å². The third-order valence-corrected chi connectivity index (χ3v) is 5.04. The number of aromatic amines is 1. The van der Waals surface area contributed by atoms with Crippen LogP contribution in [0.2, 0.25) is 0 Å². The van der Waals surface area contributed by atoms with Crippen molar-refractivity contribution in [1.29, 1.82) is 0 Å². The first kappa shape index (κ1) is 19.5. The third-order valence-electron chi connectivity index (χ3n) is 5.04. The van der Waals surface area contributed by atoms with Gasteiger partial charge >= 0.3 is 6.03 Å². The molecular weight excluding hydrogens is 388 g/mol. The minimum absolute atomic E-state index is 0.143. The predicted octanol–water partition coefficient (Wildman–Crippen LogP) is 2.18. The van der Waals surface area contributed by atoms with E-state index < -0.39 is 4.92 Å². The summed E-state index contributed by atoms with van der Waals surface area (Å²) in [7, 11) is 0. The lowest BCUT2D eigenvalue weighted by atomic mass is 10.2. The van der Waals surface area contributed by atoms with E-state index in [2.05, 4.69) is 20.2 Å². The number of nitro benzene ring substituents is 1. The van der Waals surface area contributed by atoms with Crippen LogP contribution in [-0.4, -0.2) is 56.9 Å². The van der Waals surface area contributed by atoms with Crippen LogP contribution in [0.3, 0.4) is 0 Å². The summed E-state index contributed by atoms with van der Waals surface area (Å²) >= 11 is 0. The number of nitrogens with one attached hydrogen (secondary N) is 2. The number of H-pyrrole nitrogens is 1. The van der Waals surface area contributed by atoms with Crippen LogP contribution in [0.1, 0.15) is 5.82 Å². The fourth-order valence-corrected chi connectivity index (χ4v) is 3.46. The van der Waals surface area contributed by atoms with Crippen molar-refractivity contribution in [3.8, 4) is 0 Å². The van der Waals surface area contributed by atoms with Gasteiger partial charge < -0.3 is 15.2 Å². The summed E-state index contributed by atoms with van der Waals surface area (Å²) in [6.45, 7) is 2.59. The van der Waals surface area contributed by atoms with Crippen molar-refractivity contribution in [2.24, 2.45) is 0 Å². The molecule has 1 saturated heterocycles. The van der Waals surface area contributed by atoms with Gasteiger partial charge in [-0.1, -0.05) is 24.3 Å². The van der Waals surface area contributed by atoms with Gasteiger partial charge in [-0.2, -0.15) is 0 Å². The maximum Gasteiger partial charge on any atom is 0.322 e. The second kappa shape index (κ2) is 8.29. The fraction of sp³-hybridized carbons (Fsp3) is 0.250. The molecule has 0 atom stereocenters. The number of hydrogen-bond donors (Lipinski definition) is 2. The van der Waals surface area contributed by atoms with Gasteiger partial charge in [0.1, 0.15) is 11.5 Å². The second-order valence-electron chi connectivity index (χ2n) is 7.00. The van der Waals surface area contributed by atoms with E-state index in [4.69, 9.17) is 0 Å². The minimum Gasteiger partial charge on any atom is -0.322 e. The molecular formula is C20H20N6O4. The highest BCUT2D eigenvalue weighted by Crippen LogP contribution is 2.23. The number of anilines is 1. The Morgan fingerprint density at radius 2 is 1.80 bits per heavy atom. The molecule has 1 aliphatic rings. The largest absolute Gasteiger partial charge is 0.322 e. The molecule has 2 amide bonds. The molecule has 10 heteroatoms. The van der Waals surface area contributed by atoms with E-state index in [1.165, 1.54) is 12.1 Å². The smallest absolute Gasteiger partial charge is 0.322 e. The Balaban J connectivity index is 1.37. The van der Waals surface area contributed by atoms with E-state index in [1.54, 1.807) is 35.2 Å². The highest BCUT2D eigenvalue weighted by atomic mass is 16.6. The number of benzene rings is 2. The Labute approximate surface area is 171 Å². The minimum atomic E-state index is -0.523. The molecule has 154 valence electrons. The van der Waals surface area contributed by atoms with Crippen LogP contribution in [0, 0.1) is 10.1 Å². The Morgan fingerprint density at radius 3 is 2.57 bits per heavy atom. The molecule has 30 heavy (non-hydrogen) atoms. The van der Waals surface area contributed by atoms with Crippen molar-refractivity contribution in [2.75, 3.05) is 31.5 Å². The number of rotatable bonds is 4. The molecule has 1 aliphatic heterocycles. The second-order valence-corrected chi connectivity index (χ2v) is 7.00. The van der Waals surface area contributed by atoms with Gasteiger partial charge in [0.25, 0.3) is 11.2 Å². The average Bonchev–Trinajstić information content (AvgIpc) is 2.74. The summed E-state index contributed by atoms with van der Waals surface area (Å²) in [6, 6.07) is 12.9. The van der Waals surface area contributed by atoms with E-state index in [0.717, 1.165) is 0 Å². The molecule has 10 nitrogen and oxygen atoms in total. The van der Waals surface area contributed by atoms with Gasteiger partial charge in [0.2, 0.25) is 0 Å². The Morgan fingerprint density at radius 1 is 1.10 bits per heavy atom. The first-order valence-electron chi connectivity index (χ1n) is 9.51. The summed E-state index contributed by atoms with van der Waals surface area (Å²) < 4.78 is 0. The number of urea groups is 1. The predicted molar refractivity (Wildman–Crippen MR) is 111 cm³/mol. The number of piperazine rings is 1. The number of aromatic nitrogens is 2. The van der Waals surface area contributed by atoms with Crippen LogP contribution >= 0.6 is 0 Å². The molecule has 1 fully saturated rings. The summed E-state index contributed by atoms with van der Waals surface area (Å²) in [6.07, 6.45) is 0. The number of amides is 2. The standard InChI is InChI=1S/C20H20N6O4/c27-19-14-5-1-2-6-15(14)21-18(23-19)13-24-9-11-25(12-10-24)20(28)22-16-7-3-4-8-17(16)26(29)30/h1-8H,9-13H2,(H,22,28)(H,21,23,27). The van der Waals surface area contributed by atoms with Gasteiger partial charge in [-0.25, -0.2) is 9.78 Å². The summed E-state index contributed by atoms with van der Waals surface area (Å²) in [5.74, 6) is 0.580. The van der Waals surface area contributed by atoms with Crippen molar-refractivity contribution >= 4 is 28.3 Å². The maximum absolute atomic E-state index is 12.5. The normalized spacial score (nSPS) is 14.6. The van der Waals surface area contributed by atoms with E-state index in [-0.39, 0.29) is 23.0 Å². The van der Waals surface area contributed by atoms with Crippen LogP contribution in [0.25, 0.3) is 10.9 Å². The van der Waals surface area contributed by atoms with Crippen molar-refractivity contribution in [3.63, 3.8) is 0 Å². The molecule has 2 N–H and O–H groups in total. The lowest BCUT2D eigenvalue weighted by molar-refractivity contribution is -0.383. The number of carbonyl (C=O) groups excluding carboxylic acids is 1. The SMILES string of the molecule is O=C(Nc1ccccc1[N+](=O)[O-])N1CCN(Cc2nc3ccccc3c(=O)[nH]2)CC1. The van der Waals surface area contributed by atoms with Gasteiger partial charge in [0.05, 0.1) is 22.4 Å². The molecule has 1 aromatic heterocycles. The lowest BCUT2D eigenvalue weighted by Crippen LogP contribution is -2.49. The summed E-state index contributed by atoms with van der Waals surface area (Å²) in [5.41, 5.74) is 0.514. The molecule has 0 radical (unpaired) electrons. The van der Waals surface area contributed by atoms with Gasteiger partial charge in [-0.15, -0.1) is 0 Å². The zero-order valence-electron chi connectivity index (χ0n) is 16.1. The van der Waals surface area contributed by atoms with Crippen molar-refractivity contribution in [1.82, 2.24) is 19.8 Å². The Kier molecular flexibility index (Phi) is 5.40. The first-order valence-corrected chi connectivity index (χ1v) is 9.51. The fourth-order valence-electron chi connectivity index (χ4n) is 3.46. The van der Waals surface area contributed by atoms with E-state index in [1.807, 2.05) is 6.07 Å². The van der Waals surface area contributed by atoms with Crippen molar-refractivity contribution < 1.29 is 9.72 Å². The molecule has 0 bridgehead atoms. The van der Waals surface area contributed by atoms with Crippen LogP contribution in [0.4, 0.5) is 16.2 Å². The zero-order chi connectivity index (χ0) is 21.1. The van der Waals surface area contributed by atoms with Crippen LogP contribution < -0.4 is 10.9 Å². The highest BCUT2D eigenvalue weighted by molar-refractivity contribution is 5.91. The monoisotopic (exact) mass is 408 g/mol. The number of fused-ring (bicyclic) bond motifs is 1. The number of hydrogen-bond acceptors (Lipinski definition) is 6. The van der Waals surface area contributed by atoms with Gasteiger partial charge in [-0.05, 0) is 18.2 Å². The average molecular weight is 408 g/mol. The molecule has 2 heterocycles. The molecule has 0 unspecified atom stereocenters. The van der Waals surface area contributed by atoms with Crippen molar-refractivity contribution in [2.45, 2.75) is 6.54 Å². The third kappa shape index (κ3) is 4.13. The Hall–Kier alpha value is -3.79. The van der Waals surface area contributed by atoms with Crippen LogP contribution in [-0.2, 0) is 6.54 Å². The topological polar surface area (TPSA) is 124 Å². The van der Waals surface area contributed by atoms with Crippen LogP contribution in [0.5, 0.6) is 0 Å². The lowest BCUT2D eigenvalue weighted by Gasteiger charge is -2.34.